The Morgan fingerprint density at radius 2 is 2.00 bits per heavy atom. The number of nitrogens with zero attached hydrogens (tertiary/aromatic N) is 3. The van der Waals surface area contributed by atoms with Crippen molar-refractivity contribution >= 4 is 17.7 Å². The van der Waals surface area contributed by atoms with E-state index in [0.717, 1.165) is 23.6 Å². The maximum Gasteiger partial charge on any atom is 0.230 e. The van der Waals surface area contributed by atoms with Crippen molar-refractivity contribution in [3.8, 4) is 17.1 Å². The fourth-order valence-electron chi connectivity index (χ4n) is 2.40. The van der Waals surface area contributed by atoms with E-state index in [-0.39, 0.29) is 11.3 Å². The molecule has 0 aliphatic heterocycles. The van der Waals surface area contributed by atoms with Crippen LogP contribution in [-0.2, 0) is 11.3 Å². The highest BCUT2D eigenvalue weighted by molar-refractivity contribution is 7.99. The molecule has 0 aliphatic rings. The highest BCUT2D eigenvalue weighted by Crippen LogP contribution is 2.25. The van der Waals surface area contributed by atoms with E-state index in [4.69, 9.17) is 4.74 Å². The van der Waals surface area contributed by atoms with Crippen molar-refractivity contribution in [2.24, 2.45) is 5.41 Å². The number of hydrogen-bond donors (Lipinski definition) is 1. The Balaban J connectivity index is 2.03. The van der Waals surface area contributed by atoms with E-state index in [1.54, 1.807) is 13.2 Å². The maximum absolute atomic E-state index is 12.1. The number of amides is 1. The molecule has 27 heavy (non-hydrogen) atoms. The summed E-state index contributed by atoms with van der Waals surface area (Å²) >= 11 is 1.38. The summed E-state index contributed by atoms with van der Waals surface area (Å²) in [5, 5.41) is 12.2. The first-order valence-corrected chi connectivity index (χ1v) is 9.90. The zero-order chi connectivity index (χ0) is 19.9. The lowest BCUT2D eigenvalue weighted by atomic mass is 9.92. The number of rotatable bonds is 9. The first kappa shape index (κ1) is 21.0. The molecule has 0 radical (unpaired) electrons. The molecule has 146 valence electrons. The Bertz CT molecular complexity index is 763. The van der Waals surface area contributed by atoms with E-state index in [0.29, 0.717) is 24.0 Å². The molecule has 0 fully saturated rings. The third kappa shape index (κ3) is 6.43. The van der Waals surface area contributed by atoms with Crippen molar-refractivity contribution in [1.29, 1.82) is 0 Å². The van der Waals surface area contributed by atoms with Gasteiger partial charge in [0.2, 0.25) is 5.91 Å². The lowest BCUT2D eigenvalue weighted by Gasteiger charge is -2.17. The predicted octanol–water partition coefficient (Wildman–Crippen LogP) is 3.78. The molecule has 0 saturated heterocycles. The Kier molecular flexibility index (Phi) is 7.47. The van der Waals surface area contributed by atoms with Gasteiger partial charge in [-0.25, -0.2) is 0 Å². The second-order valence-electron chi connectivity index (χ2n) is 7.38. The molecule has 6 nitrogen and oxygen atoms in total. The van der Waals surface area contributed by atoms with Gasteiger partial charge in [0.15, 0.2) is 11.0 Å². The van der Waals surface area contributed by atoms with E-state index >= 15 is 0 Å². The van der Waals surface area contributed by atoms with Gasteiger partial charge >= 0.3 is 0 Å². The summed E-state index contributed by atoms with van der Waals surface area (Å²) in [6.45, 7) is 11.5. The molecule has 1 aromatic heterocycles. The number of carbonyl (C=O) groups is 1. The van der Waals surface area contributed by atoms with E-state index < -0.39 is 0 Å². The van der Waals surface area contributed by atoms with Gasteiger partial charge in [0.05, 0.1) is 12.9 Å². The summed E-state index contributed by atoms with van der Waals surface area (Å²) in [6, 6.07) is 7.65. The minimum Gasteiger partial charge on any atom is -0.497 e. The van der Waals surface area contributed by atoms with Gasteiger partial charge in [0, 0.05) is 18.7 Å². The summed E-state index contributed by atoms with van der Waals surface area (Å²) in [4.78, 5) is 12.1. The summed E-state index contributed by atoms with van der Waals surface area (Å²) in [5.74, 6) is 1.84. The Morgan fingerprint density at radius 1 is 1.30 bits per heavy atom. The van der Waals surface area contributed by atoms with Gasteiger partial charge in [-0.2, -0.15) is 0 Å². The number of hydrogen-bond acceptors (Lipinski definition) is 5. The van der Waals surface area contributed by atoms with Crippen molar-refractivity contribution in [3.63, 3.8) is 0 Å². The monoisotopic (exact) mass is 388 g/mol. The van der Waals surface area contributed by atoms with Crippen LogP contribution in [0.2, 0.25) is 0 Å². The van der Waals surface area contributed by atoms with Crippen LogP contribution in [0.5, 0.6) is 5.75 Å². The molecule has 2 rings (SSSR count). The van der Waals surface area contributed by atoms with E-state index in [9.17, 15) is 4.79 Å². The number of allylic oxidation sites excluding steroid dienone is 1. The van der Waals surface area contributed by atoms with Crippen molar-refractivity contribution < 1.29 is 9.53 Å². The van der Waals surface area contributed by atoms with Crippen LogP contribution in [0.3, 0.4) is 0 Å². The van der Waals surface area contributed by atoms with Crippen LogP contribution in [0, 0.1) is 5.41 Å². The first-order chi connectivity index (χ1) is 12.8. The Morgan fingerprint density at radius 3 is 2.59 bits per heavy atom. The lowest BCUT2D eigenvalue weighted by Crippen LogP contribution is -2.28. The predicted molar refractivity (Wildman–Crippen MR) is 110 cm³/mol. The van der Waals surface area contributed by atoms with Crippen molar-refractivity contribution in [1.82, 2.24) is 20.1 Å². The number of thioether (sulfide) groups is 1. The number of ether oxygens (including phenoxy) is 1. The molecule has 1 heterocycles. The minimum absolute atomic E-state index is 0.00315. The van der Waals surface area contributed by atoms with E-state index in [1.165, 1.54) is 11.8 Å². The minimum atomic E-state index is 0.00315. The zero-order valence-electron chi connectivity index (χ0n) is 16.5. The molecule has 1 amide bonds. The smallest absolute Gasteiger partial charge is 0.230 e. The first-order valence-electron chi connectivity index (χ1n) is 8.92. The summed E-state index contributed by atoms with van der Waals surface area (Å²) in [5.41, 5.74) is 1.14. The van der Waals surface area contributed by atoms with Gasteiger partial charge in [0.25, 0.3) is 0 Å². The molecule has 0 aliphatic carbocycles. The molecular formula is C20H28N4O2S. The third-order valence-electron chi connectivity index (χ3n) is 3.91. The van der Waals surface area contributed by atoms with Crippen LogP contribution in [0.15, 0.2) is 42.1 Å². The van der Waals surface area contributed by atoms with E-state index in [1.807, 2.05) is 28.8 Å². The van der Waals surface area contributed by atoms with Crippen LogP contribution < -0.4 is 10.1 Å². The molecule has 1 aromatic carbocycles. The summed E-state index contributed by atoms with van der Waals surface area (Å²) < 4.78 is 7.16. The topological polar surface area (TPSA) is 69.0 Å². The number of carbonyl (C=O) groups excluding carboxylic acids is 1. The molecule has 0 bridgehead atoms. The van der Waals surface area contributed by atoms with Gasteiger partial charge in [-0.05, 0) is 36.1 Å². The van der Waals surface area contributed by atoms with Crippen molar-refractivity contribution in [2.75, 3.05) is 19.4 Å². The summed E-state index contributed by atoms with van der Waals surface area (Å²) in [7, 11) is 1.64. The van der Waals surface area contributed by atoms with Gasteiger partial charge in [-0.1, -0.05) is 38.6 Å². The second-order valence-corrected chi connectivity index (χ2v) is 8.33. The summed E-state index contributed by atoms with van der Waals surface area (Å²) in [6.07, 6.45) is 2.74. The number of aromatic nitrogens is 3. The number of benzene rings is 1. The van der Waals surface area contributed by atoms with Crippen molar-refractivity contribution in [3.05, 3.63) is 36.9 Å². The van der Waals surface area contributed by atoms with Crippen LogP contribution in [0.4, 0.5) is 0 Å². The van der Waals surface area contributed by atoms with Crippen molar-refractivity contribution in [2.45, 2.75) is 38.9 Å². The standard InChI is InChI=1S/C20H28N4O2S/c1-6-13-24-18(15-7-9-16(26-5)10-8-15)22-23-19(24)27-14-17(25)21-12-11-20(2,3)4/h6-10H,1,11-14H2,2-5H3,(H,21,25). The molecule has 0 saturated carbocycles. The Hall–Kier alpha value is -2.28. The fourth-order valence-corrected chi connectivity index (χ4v) is 3.18. The number of methoxy groups -OCH3 is 1. The quantitative estimate of drug-likeness (QED) is 0.523. The van der Waals surface area contributed by atoms with Crippen LogP contribution in [0.25, 0.3) is 11.4 Å². The molecule has 0 atom stereocenters. The molecular weight excluding hydrogens is 360 g/mol. The van der Waals surface area contributed by atoms with Crippen LogP contribution in [-0.4, -0.2) is 40.1 Å². The SMILES string of the molecule is C=CCn1c(SCC(=O)NCCC(C)(C)C)nnc1-c1ccc(OC)cc1. The highest BCUT2D eigenvalue weighted by Gasteiger charge is 2.15. The maximum atomic E-state index is 12.1. The molecule has 2 aromatic rings. The van der Waals surface area contributed by atoms with Crippen LogP contribution in [0.1, 0.15) is 27.2 Å². The van der Waals surface area contributed by atoms with Crippen LogP contribution >= 0.6 is 11.8 Å². The number of nitrogens with one attached hydrogen (secondary N) is 1. The normalized spacial score (nSPS) is 11.3. The highest BCUT2D eigenvalue weighted by atomic mass is 32.2. The molecule has 1 N–H and O–H groups in total. The average Bonchev–Trinajstić information content (AvgIpc) is 3.02. The molecule has 0 spiro atoms. The lowest BCUT2D eigenvalue weighted by molar-refractivity contribution is -0.118. The van der Waals surface area contributed by atoms with E-state index in [2.05, 4.69) is 42.9 Å². The zero-order valence-corrected chi connectivity index (χ0v) is 17.3. The van der Waals surface area contributed by atoms with Gasteiger partial charge in [-0.15, -0.1) is 16.8 Å². The van der Waals surface area contributed by atoms with Gasteiger partial charge in [-0.3, -0.25) is 9.36 Å². The largest absolute Gasteiger partial charge is 0.497 e. The fraction of sp³-hybridized carbons (Fsp3) is 0.450. The Labute approximate surface area is 165 Å². The molecule has 0 unspecified atom stereocenters. The third-order valence-corrected chi connectivity index (χ3v) is 4.87. The molecule has 7 heteroatoms. The van der Waals surface area contributed by atoms with Gasteiger partial charge in [0.1, 0.15) is 5.75 Å². The average molecular weight is 389 g/mol. The van der Waals surface area contributed by atoms with Gasteiger partial charge < -0.3 is 10.1 Å². The second kappa shape index (κ2) is 9.60.